The number of benzene rings is 1. The van der Waals surface area contributed by atoms with Crippen LogP contribution in [0, 0.1) is 5.92 Å². The van der Waals surface area contributed by atoms with Gasteiger partial charge in [0.1, 0.15) is 0 Å². The van der Waals surface area contributed by atoms with Gasteiger partial charge in [0.05, 0.1) is 0 Å². The average molecular weight is 256 g/mol. The smallest absolute Gasteiger partial charge is 0.163 e. The number of hydrogen-bond acceptors (Lipinski definition) is 2. The molecular formula is C11H14BrNO. The first-order valence-electron chi connectivity index (χ1n) is 4.62. The largest absolute Gasteiger partial charge is 0.330 e. The fraction of sp³-hybridized carbons (Fsp3) is 0.364. The first-order valence-corrected chi connectivity index (χ1v) is 5.41. The fourth-order valence-electron chi connectivity index (χ4n) is 1.15. The third kappa shape index (κ3) is 3.24. The molecule has 1 atom stereocenters. The molecule has 0 bridgehead atoms. The van der Waals surface area contributed by atoms with Gasteiger partial charge in [-0.25, -0.2) is 0 Å². The molecule has 0 aliphatic heterocycles. The van der Waals surface area contributed by atoms with Crippen molar-refractivity contribution in [2.75, 3.05) is 6.54 Å². The summed E-state index contributed by atoms with van der Waals surface area (Å²) in [5.74, 6) is 0.418. The van der Waals surface area contributed by atoms with E-state index >= 15 is 0 Å². The van der Waals surface area contributed by atoms with Crippen LogP contribution < -0.4 is 5.73 Å². The number of ketones is 1. The molecule has 0 saturated heterocycles. The molecule has 2 N–H and O–H groups in total. The summed E-state index contributed by atoms with van der Waals surface area (Å²) in [6.07, 6.45) is 0.526. The Bertz CT molecular complexity index is 308. The molecular weight excluding hydrogens is 242 g/mol. The highest BCUT2D eigenvalue weighted by atomic mass is 79.9. The van der Waals surface area contributed by atoms with E-state index in [9.17, 15) is 4.79 Å². The molecule has 0 radical (unpaired) electrons. The topological polar surface area (TPSA) is 43.1 Å². The maximum Gasteiger partial charge on any atom is 0.163 e. The summed E-state index contributed by atoms with van der Waals surface area (Å²) >= 11 is 3.33. The van der Waals surface area contributed by atoms with Crippen molar-refractivity contribution in [3.8, 4) is 0 Å². The third-order valence-corrected chi connectivity index (χ3v) is 2.63. The molecule has 0 aromatic heterocycles. The molecule has 0 aliphatic rings. The second kappa shape index (κ2) is 5.27. The van der Waals surface area contributed by atoms with Gasteiger partial charge in [0.25, 0.3) is 0 Å². The first-order chi connectivity index (χ1) is 6.63. The summed E-state index contributed by atoms with van der Waals surface area (Å²) in [4.78, 5) is 11.7. The van der Waals surface area contributed by atoms with Crippen LogP contribution in [0.4, 0.5) is 0 Å². The minimum Gasteiger partial charge on any atom is -0.330 e. The third-order valence-electron chi connectivity index (χ3n) is 2.10. The molecule has 0 amide bonds. The molecule has 0 saturated carbocycles. The number of hydrogen-bond donors (Lipinski definition) is 1. The quantitative estimate of drug-likeness (QED) is 0.841. The van der Waals surface area contributed by atoms with Crippen LogP contribution in [0.2, 0.25) is 0 Å². The van der Waals surface area contributed by atoms with E-state index in [2.05, 4.69) is 15.9 Å². The van der Waals surface area contributed by atoms with E-state index < -0.39 is 0 Å². The molecule has 2 nitrogen and oxygen atoms in total. The number of rotatable bonds is 4. The zero-order chi connectivity index (χ0) is 10.6. The van der Waals surface area contributed by atoms with Crippen LogP contribution in [0.15, 0.2) is 28.7 Å². The molecule has 0 fully saturated rings. The lowest BCUT2D eigenvalue weighted by Gasteiger charge is -2.06. The molecule has 0 spiro atoms. The summed E-state index contributed by atoms with van der Waals surface area (Å²) in [6.45, 7) is 2.54. The molecule has 1 aromatic carbocycles. The maximum absolute atomic E-state index is 11.7. The standard InChI is InChI=1S/C11H14BrNO/c1-8(7-13)6-11(14)9-2-4-10(12)5-3-9/h2-5,8H,6-7,13H2,1H3. The van der Waals surface area contributed by atoms with Crippen molar-refractivity contribution in [3.05, 3.63) is 34.3 Å². The van der Waals surface area contributed by atoms with Gasteiger partial charge in [0.15, 0.2) is 5.78 Å². The van der Waals surface area contributed by atoms with Crippen LogP contribution in [0.5, 0.6) is 0 Å². The monoisotopic (exact) mass is 255 g/mol. The lowest BCUT2D eigenvalue weighted by Crippen LogP contribution is -2.15. The van der Waals surface area contributed by atoms with Gasteiger partial charge >= 0.3 is 0 Å². The van der Waals surface area contributed by atoms with Gasteiger partial charge in [-0.2, -0.15) is 0 Å². The molecule has 76 valence electrons. The van der Waals surface area contributed by atoms with E-state index in [0.717, 1.165) is 10.0 Å². The number of carbonyl (C=O) groups excluding carboxylic acids is 1. The van der Waals surface area contributed by atoms with Crippen LogP contribution in [0.25, 0.3) is 0 Å². The predicted molar refractivity (Wildman–Crippen MR) is 61.3 cm³/mol. The van der Waals surface area contributed by atoms with Gasteiger partial charge < -0.3 is 5.73 Å². The average Bonchev–Trinajstić information content (AvgIpc) is 2.18. The van der Waals surface area contributed by atoms with E-state index in [1.165, 1.54) is 0 Å². The predicted octanol–water partition coefficient (Wildman–Crippen LogP) is 2.62. The molecule has 0 heterocycles. The summed E-state index contributed by atoms with van der Waals surface area (Å²) in [7, 11) is 0. The number of carbonyl (C=O) groups is 1. The molecule has 1 unspecified atom stereocenters. The fourth-order valence-corrected chi connectivity index (χ4v) is 1.42. The van der Waals surface area contributed by atoms with E-state index in [4.69, 9.17) is 5.73 Å². The van der Waals surface area contributed by atoms with Crippen LogP contribution in [0.1, 0.15) is 23.7 Å². The number of halogens is 1. The summed E-state index contributed by atoms with van der Waals surface area (Å²) in [6, 6.07) is 7.41. The Kier molecular flexibility index (Phi) is 4.29. The molecule has 1 rings (SSSR count). The summed E-state index contributed by atoms with van der Waals surface area (Å²) in [5, 5.41) is 0. The number of nitrogens with two attached hydrogens (primary N) is 1. The van der Waals surface area contributed by atoms with Crippen LogP contribution >= 0.6 is 15.9 Å². The zero-order valence-electron chi connectivity index (χ0n) is 8.16. The maximum atomic E-state index is 11.7. The van der Waals surface area contributed by atoms with Crippen molar-refractivity contribution >= 4 is 21.7 Å². The van der Waals surface area contributed by atoms with Crippen molar-refractivity contribution in [3.63, 3.8) is 0 Å². The van der Waals surface area contributed by atoms with E-state index in [0.29, 0.717) is 13.0 Å². The van der Waals surface area contributed by atoms with Gasteiger partial charge in [0, 0.05) is 16.5 Å². The van der Waals surface area contributed by atoms with Crippen molar-refractivity contribution < 1.29 is 4.79 Å². The first kappa shape index (κ1) is 11.4. The lowest BCUT2D eigenvalue weighted by atomic mass is 10.0. The van der Waals surface area contributed by atoms with Gasteiger partial charge in [-0.15, -0.1) is 0 Å². The SMILES string of the molecule is CC(CN)CC(=O)c1ccc(Br)cc1. The Hall–Kier alpha value is -0.670. The van der Waals surface area contributed by atoms with Crippen LogP contribution in [-0.4, -0.2) is 12.3 Å². The minimum absolute atomic E-state index is 0.162. The minimum atomic E-state index is 0.162. The molecule has 0 aliphatic carbocycles. The molecule has 3 heteroatoms. The number of Topliss-reactive ketones (excluding diaryl/α,β-unsaturated/α-hetero) is 1. The highest BCUT2D eigenvalue weighted by Crippen LogP contribution is 2.13. The molecule has 1 aromatic rings. The van der Waals surface area contributed by atoms with Crippen molar-refractivity contribution in [1.29, 1.82) is 0 Å². The van der Waals surface area contributed by atoms with Crippen molar-refractivity contribution in [1.82, 2.24) is 0 Å². The van der Waals surface area contributed by atoms with E-state index in [1.54, 1.807) is 0 Å². The second-order valence-corrected chi connectivity index (χ2v) is 4.39. The van der Waals surface area contributed by atoms with E-state index in [1.807, 2.05) is 31.2 Å². The Morgan fingerprint density at radius 1 is 1.43 bits per heavy atom. The Morgan fingerprint density at radius 2 is 2.00 bits per heavy atom. The Balaban J connectivity index is 2.65. The van der Waals surface area contributed by atoms with Gasteiger partial charge in [-0.05, 0) is 24.6 Å². The van der Waals surface area contributed by atoms with Gasteiger partial charge in [0.2, 0.25) is 0 Å². The van der Waals surface area contributed by atoms with Gasteiger partial charge in [-0.3, -0.25) is 4.79 Å². The zero-order valence-corrected chi connectivity index (χ0v) is 9.75. The summed E-state index contributed by atoms with van der Waals surface area (Å²) < 4.78 is 0.987. The lowest BCUT2D eigenvalue weighted by molar-refractivity contribution is 0.0966. The van der Waals surface area contributed by atoms with Gasteiger partial charge in [-0.1, -0.05) is 35.0 Å². The van der Waals surface area contributed by atoms with Crippen molar-refractivity contribution in [2.24, 2.45) is 11.7 Å². The van der Waals surface area contributed by atoms with E-state index in [-0.39, 0.29) is 11.7 Å². The van der Waals surface area contributed by atoms with Crippen LogP contribution in [0.3, 0.4) is 0 Å². The normalized spacial score (nSPS) is 12.5. The second-order valence-electron chi connectivity index (χ2n) is 3.48. The highest BCUT2D eigenvalue weighted by Gasteiger charge is 2.09. The summed E-state index contributed by atoms with van der Waals surface area (Å²) in [5.41, 5.74) is 6.22. The Morgan fingerprint density at radius 3 is 2.50 bits per heavy atom. The Labute approximate surface area is 92.6 Å². The van der Waals surface area contributed by atoms with Crippen LogP contribution in [-0.2, 0) is 0 Å². The molecule has 14 heavy (non-hydrogen) atoms. The highest BCUT2D eigenvalue weighted by molar-refractivity contribution is 9.10. The van der Waals surface area contributed by atoms with Crippen molar-refractivity contribution in [2.45, 2.75) is 13.3 Å².